The summed E-state index contributed by atoms with van der Waals surface area (Å²) in [4.78, 5) is 23.2. The number of unbranched alkanes of at least 4 members (excludes halogenated alkanes) is 1. The van der Waals surface area contributed by atoms with Crippen LogP contribution in [0.1, 0.15) is 38.5 Å². The molecule has 2 heterocycles. The fraction of sp³-hybridized carbons (Fsp3) is 0.882. The molecule has 0 aromatic carbocycles. The zero-order chi connectivity index (χ0) is 17.9. The molecule has 0 unspecified atom stereocenters. The molecule has 2 amide bonds. The number of Topliss-reactive ketones (excluding diaryl/α,β-unsaturated/α-hetero) is 1. The molecule has 25 heavy (non-hydrogen) atoms. The standard InChI is InChI=1S/C17H31N3O4S/c18-7-9-24-11-10-23-8-3-5-13(21)4-1-2-6-15-16-14(12-25-15)19-17(22)20-16/h14-16H,1-12,18H2,(H2,19,20,22)/t14-,15-,16-/m0/s1. The molecule has 144 valence electrons. The SMILES string of the molecule is NCCOCCOCCCC(=O)CCCC[C@@H]1SC[C@@H]2NC(=O)N[C@@H]21. The largest absolute Gasteiger partial charge is 0.379 e. The van der Waals surface area contributed by atoms with Crippen LogP contribution in [0.3, 0.4) is 0 Å². The number of thioether (sulfide) groups is 1. The van der Waals surface area contributed by atoms with Crippen LogP contribution in [0.4, 0.5) is 4.79 Å². The number of carbonyl (C=O) groups excluding carboxylic acids is 2. The van der Waals surface area contributed by atoms with Crippen LogP contribution in [0.25, 0.3) is 0 Å². The van der Waals surface area contributed by atoms with Gasteiger partial charge in [-0.15, -0.1) is 0 Å². The number of nitrogens with one attached hydrogen (secondary N) is 2. The monoisotopic (exact) mass is 373 g/mol. The first kappa shape index (κ1) is 20.5. The lowest BCUT2D eigenvalue weighted by atomic mass is 10.0. The number of ether oxygens (including phenoxy) is 2. The second kappa shape index (κ2) is 11.7. The molecule has 2 fully saturated rings. The molecular weight excluding hydrogens is 342 g/mol. The minimum absolute atomic E-state index is 0.0383. The molecule has 0 spiro atoms. The van der Waals surface area contributed by atoms with E-state index in [9.17, 15) is 9.59 Å². The minimum Gasteiger partial charge on any atom is -0.379 e. The Labute approximate surface area is 154 Å². The Balaban J connectivity index is 1.41. The van der Waals surface area contributed by atoms with Gasteiger partial charge >= 0.3 is 6.03 Å². The van der Waals surface area contributed by atoms with Gasteiger partial charge in [-0.25, -0.2) is 4.79 Å². The van der Waals surface area contributed by atoms with Crippen molar-refractivity contribution in [1.82, 2.24) is 10.6 Å². The lowest BCUT2D eigenvalue weighted by Gasteiger charge is -2.16. The maximum absolute atomic E-state index is 11.9. The highest BCUT2D eigenvalue weighted by atomic mass is 32.2. The first-order valence-corrected chi connectivity index (χ1v) is 10.3. The predicted molar refractivity (Wildman–Crippen MR) is 98.9 cm³/mol. The maximum atomic E-state index is 11.9. The molecule has 0 aromatic rings. The summed E-state index contributed by atoms with van der Waals surface area (Å²) in [6.07, 6.45) is 5.05. The average molecular weight is 374 g/mol. The summed E-state index contributed by atoms with van der Waals surface area (Å²) in [6, 6.07) is 0.507. The lowest BCUT2D eigenvalue weighted by molar-refractivity contribution is -0.119. The van der Waals surface area contributed by atoms with E-state index in [1.54, 1.807) is 0 Å². The van der Waals surface area contributed by atoms with E-state index in [1.807, 2.05) is 11.8 Å². The molecule has 3 atom stereocenters. The van der Waals surface area contributed by atoms with Crippen LogP contribution in [0.15, 0.2) is 0 Å². The molecule has 8 heteroatoms. The predicted octanol–water partition coefficient (Wildman–Crippen LogP) is 1.05. The summed E-state index contributed by atoms with van der Waals surface area (Å²) >= 11 is 1.93. The second-order valence-electron chi connectivity index (χ2n) is 6.52. The van der Waals surface area contributed by atoms with Gasteiger partial charge in [0.25, 0.3) is 0 Å². The van der Waals surface area contributed by atoms with Crippen LogP contribution in [0.2, 0.25) is 0 Å². The maximum Gasteiger partial charge on any atom is 0.315 e. The molecule has 4 N–H and O–H groups in total. The van der Waals surface area contributed by atoms with E-state index in [4.69, 9.17) is 15.2 Å². The van der Waals surface area contributed by atoms with Gasteiger partial charge in [0.2, 0.25) is 0 Å². The number of fused-ring (bicyclic) bond motifs is 1. The minimum atomic E-state index is -0.0383. The number of ketones is 1. The fourth-order valence-corrected chi connectivity index (χ4v) is 4.76. The average Bonchev–Trinajstić information content (AvgIpc) is 3.13. The molecule has 2 aliphatic rings. The van der Waals surface area contributed by atoms with Gasteiger partial charge in [-0.2, -0.15) is 11.8 Å². The van der Waals surface area contributed by atoms with Gasteiger partial charge in [-0.1, -0.05) is 6.42 Å². The van der Waals surface area contributed by atoms with Crippen molar-refractivity contribution in [2.45, 2.75) is 55.9 Å². The number of urea groups is 1. The summed E-state index contributed by atoms with van der Waals surface area (Å²) in [5.74, 6) is 1.31. The Bertz CT molecular complexity index is 425. The van der Waals surface area contributed by atoms with Crippen LogP contribution in [0, 0.1) is 0 Å². The van der Waals surface area contributed by atoms with E-state index in [0.29, 0.717) is 56.8 Å². The van der Waals surface area contributed by atoms with Crippen LogP contribution in [-0.4, -0.2) is 67.9 Å². The summed E-state index contributed by atoms with van der Waals surface area (Å²) < 4.78 is 10.6. The van der Waals surface area contributed by atoms with E-state index in [2.05, 4.69) is 10.6 Å². The smallest absolute Gasteiger partial charge is 0.315 e. The molecule has 0 saturated carbocycles. The van der Waals surface area contributed by atoms with Crippen LogP contribution >= 0.6 is 11.8 Å². The van der Waals surface area contributed by atoms with Crippen LogP contribution in [0.5, 0.6) is 0 Å². The number of carbonyl (C=O) groups is 2. The number of nitrogens with two attached hydrogens (primary N) is 1. The molecule has 0 aliphatic carbocycles. The third-order valence-electron chi connectivity index (χ3n) is 4.51. The van der Waals surface area contributed by atoms with Crippen molar-refractivity contribution in [3.8, 4) is 0 Å². The van der Waals surface area contributed by atoms with E-state index >= 15 is 0 Å². The molecule has 0 bridgehead atoms. The van der Waals surface area contributed by atoms with Gasteiger partial charge < -0.3 is 25.8 Å². The molecule has 2 saturated heterocycles. The first-order valence-electron chi connectivity index (χ1n) is 9.26. The number of hydrogen-bond acceptors (Lipinski definition) is 6. The van der Waals surface area contributed by atoms with E-state index in [1.165, 1.54) is 0 Å². The van der Waals surface area contributed by atoms with Crippen LogP contribution < -0.4 is 16.4 Å². The lowest BCUT2D eigenvalue weighted by Crippen LogP contribution is -2.36. The summed E-state index contributed by atoms with van der Waals surface area (Å²) in [5.41, 5.74) is 5.31. The Morgan fingerprint density at radius 1 is 1.08 bits per heavy atom. The summed E-state index contributed by atoms with van der Waals surface area (Å²) in [5, 5.41) is 6.44. The molecular formula is C17H31N3O4S. The quantitative estimate of drug-likeness (QED) is 0.311. The highest BCUT2D eigenvalue weighted by Crippen LogP contribution is 2.33. The van der Waals surface area contributed by atoms with Gasteiger partial charge in [0.1, 0.15) is 5.78 Å². The van der Waals surface area contributed by atoms with Crippen molar-refractivity contribution < 1.29 is 19.1 Å². The zero-order valence-electron chi connectivity index (χ0n) is 14.8. The molecule has 0 aromatic heterocycles. The highest BCUT2D eigenvalue weighted by molar-refractivity contribution is 8.00. The Morgan fingerprint density at radius 2 is 1.84 bits per heavy atom. The number of rotatable bonds is 14. The van der Waals surface area contributed by atoms with Gasteiger partial charge in [-0.3, -0.25) is 4.79 Å². The summed E-state index contributed by atoms with van der Waals surface area (Å²) in [7, 11) is 0. The Kier molecular flexibility index (Phi) is 9.60. The van der Waals surface area contributed by atoms with Gasteiger partial charge in [-0.05, 0) is 19.3 Å². The molecule has 0 radical (unpaired) electrons. The van der Waals surface area contributed by atoms with Gasteiger partial charge in [0.15, 0.2) is 0 Å². The van der Waals surface area contributed by atoms with E-state index in [0.717, 1.165) is 31.4 Å². The third-order valence-corrected chi connectivity index (χ3v) is 6.02. The van der Waals surface area contributed by atoms with Crippen molar-refractivity contribution in [1.29, 1.82) is 0 Å². The van der Waals surface area contributed by atoms with Crippen molar-refractivity contribution in [3.05, 3.63) is 0 Å². The zero-order valence-corrected chi connectivity index (χ0v) is 15.7. The van der Waals surface area contributed by atoms with E-state index in [-0.39, 0.29) is 18.1 Å². The van der Waals surface area contributed by atoms with Crippen molar-refractivity contribution in [2.75, 3.05) is 38.7 Å². The fourth-order valence-electron chi connectivity index (χ4n) is 3.21. The molecule has 2 rings (SSSR count). The number of hydrogen-bond donors (Lipinski definition) is 3. The topological polar surface area (TPSA) is 103 Å². The second-order valence-corrected chi connectivity index (χ2v) is 7.80. The van der Waals surface area contributed by atoms with Crippen molar-refractivity contribution in [2.24, 2.45) is 5.73 Å². The van der Waals surface area contributed by atoms with Crippen LogP contribution in [-0.2, 0) is 14.3 Å². The first-order chi connectivity index (χ1) is 12.2. The third kappa shape index (κ3) is 7.52. The Hall–Kier alpha value is -0.830. The molecule has 2 aliphatic heterocycles. The van der Waals surface area contributed by atoms with Crippen molar-refractivity contribution >= 4 is 23.6 Å². The molecule has 7 nitrogen and oxygen atoms in total. The van der Waals surface area contributed by atoms with Gasteiger partial charge in [0.05, 0.1) is 31.9 Å². The highest BCUT2D eigenvalue weighted by Gasteiger charge is 2.42. The van der Waals surface area contributed by atoms with E-state index < -0.39 is 0 Å². The van der Waals surface area contributed by atoms with Gasteiger partial charge in [0, 0.05) is 37.0 Å². The Morgan fingerprint density at radius 3 is 2.64 bits per heavy atom. The van der Waals surface area contributed by atoms with Crippen molar-refractivity contribution in [3.63, 3.8) is 0 Å². The normalized spacial score (nSPS) is 24.8. The summed E-state index contributed by atoms with van der Waals surface area (Å²) in [6.45, 7) is 2.81. The number of amides is 2.